The summed E-state index contributed by atoms with van der Waals surface area (Å²) < 4.78 is 0. The number of carbonyl (C=O) groups excluding carboxylic acids is 1. The highest BCUT2D eigenvalue weighted by atomic mass is 16.1. The van der Waals surface area contributed by atoms with E-state index >= 15 is 0 Å². The zero-order valence-electron chi connectivity index (χ0n) is 10.4. The molecule has 1 aromatic heterocycles. The van der Waals surface area contributed by atoms with Crippen molar-refractivity contribution in [2.45, 2.75) is 33.1 Å². The summed E-state index contributed by atoms with van der Waals surface area (Å²) in [4.78, 5) is 19.5. The molecule has 0 radical (unpaired) electrons. The fraction of sp³-hybridized carbons (Fsp3) is 0.583. The third-order valence-corrected chi connectivity index (χ3v) is 2.68. The summed E-state index contributed by atoms with van der Waals surface area (Å²) in [7, 11) is 0. The monoisotopic (exact) mass is 236 g/mol. The Bertz CT molecular complexity index is 351. The molecule has 0 aliphatic rings. The molecule has 0 saturated heterocycles. The van der Waals surface area contributed by atoms with Crippen molar-refractivity contribution in [3.05, 3.63) is 18.6 Å². The second-order valence-corrected chi connectivity index (χ2v) is 4.84. The molecule has 1 rings (SSSR count). The van der Waals surface area contributed by atoms with Crippen LogP contribution < -0.4 is 11.1 Å². The molecule has 3 N–H and O–H groups in total. The van der Waals surface area contributed by atoms with Crippen LogP contribution >= 0.6 is 0 Å². The van der Waals surface area contributed by atoms with Crippen molar-refractivity contribution in [2.24, 2.45) is 11.1 Å². The Hall–Kier alpha value is -1.49. The predicted molar refractivity (Wildman–Crippen MR) is 67.3 cm³/mol. The summed E-state index contributed by atoms with van der Waals surface area (Å²) in [5.41, 5.74) is 5.63. The van der Waals surface area contributed by atoms with Gasteiger partial charge in [-0.1, -0.05) is 13.8 Å². The number of nitrogens with zero attached hydrogens (tertiary/aromatic N) is 2. The first-order valence-corrected chi connectivity index (χ1v) is 5.79. The van der Waals surface area contributed by atoms with E-state index in [1.54, 1.807) is 12.4 Å². The fourth-order valence-electron chi connectivity index (χ4n) is 1.54. The molecule has 0 saturated carbocycles. The molecule has 0 atom stereocenters. The summed E-state index contributed by atoms with van der Waals surface area (Å²) in [6, 6.07) is 0. The minimum Gasteiger partial charge on any atom is -0.330 e. The smallest absolute Gasteiger partial charge is 0.225 e. The molecular weight excluding hydrogens is 216 g/mol. The number of hydrogen-bond acceptors (Lipinski definition) is 4. The van der Waals surface area contributed by atoms with Crippen molar-refractivity contribution in [3.63, 3.8) is 0 Å². The maximum atomic E-state index is 11.7. The summed E-state index contributed by atoms with van der Waals surface area (Å²) in [6.45, 7) is 4.89. The van der Waals surface area contributed by atoms with Crippen LogP contribution in [0, 0.1) is 5.41 Å². The lowest BCUT2D eigenvalue weighted by Gasteiger charge is -2.23. The molecule has 0 unspecified atom stereocenters. The van der Waals surface area contributed by atoms with Gasteiger partial charge in [0.1, 0.15) is 0 Å². The van der Waals surface area contributed by atoms with Crippen molar-refractivity contribution in [1.82, 2.24) is 9.97 Å². The number of carbonyl (C=O) groups is 1. The quantitative estimate of drug-likeness (QED) is 0.785. The molecule has 0 fully saturated rings. The maximum absolute atomic E-state index is 11.7. The first-order valence-electron chi connectivity index (χ1n) is 5.79. The summed E-state index contributed by atoms with van der Waals surface area (Å²) in [6.07, 6.45) is 6.86. The highest BCUT2D eigenvalue weighted by Crippen LogP contribution is 2.25. The number of nitrogens with one attached hydrogen (secondary N) is 1. The van der Waals surface area contributed by atoms with E-state index in [1.807, 2.05) is 0 Å². The van der Waals surface area contributed by atoms with Gasteiger partial charge in [-0.3, -0.25) is 9.78 Å². The lowest BCUT2D eigenvalue weighted by Crippen LogP contribution is -2.21. The first kappa shape index (κ1) is 13.6. The minimum absolute atomic E-state index is 0.0319. The van der Waals surface area contributed by atoms with E-state index in [-0.39, 0.29) is 11.3 Å². The van der Waals surface area contributed by atoms with Crippen LogP contribution in [-0.4, -0.2) is 22.4 Å². The largest absolute Gasteiger partial charge is 0.330 e. The van der Waals surface area contributed by atoms with Crippen LogP contribution in [0.25, 0.3) is 0 Å². The molecule has 0 aliphatic heterocycles. The lowest BCUT2D eigenvalue weighted by molar-refractivity contribution is -0.116. The molecule has 5 nitrogen and oxygen atoms in total. The van der Waals surface area contributed by atoms with Gasteiger partial charge in [0.15, 0.2) is 5.82 Å². The first-order chi connectivity index (χ1) is 8.03. The van der Waals surface area contributed by atoms with Gasteiger partial charge >= 0.3 is 0 Å². The fourth-order valence-corrected chi connectivity index (χ4v) is 1.54. The molecule has 1 heterocycles. The second kappa shape index (κ2) is 6.30. The van der Waals surface area contributed by atoms with Crippen LogP contribution in [0.5, 0.6) is 0 Å². The molecular formula is C12H20N4O. The number of amides is 1. The predicted octanol–water partition coefficient (Wildman–Crippen LogP) is 1.57. The molecule has 0 bridgehead atoms. The average molecular weight is 236 g/mol. The SMILES string of the molecule is CC(C)(CCN)CCC(=O)Nc1cnccn1. The van der Waals surface area contributed by atoms with E-state index in [0.717, 1.165) is 12.8 Å². The Balaban J connectivity index is 2.36. The van der Waals surface area contributed by atoms with Crippen LogP contribution in [-0.2, 0) is 4.79 Å². The van der Waals surface area contributed by atoms with Gasteiger partial charge in [-0.25, -0.2) is 4.98 Å². The number of hydrogen-bond donors (Lipinski definition) is 2. The maximum Gasteiger partial charge on any atom is 0.225 e. The lowest BCUT2D eigenvalue weighted by atomic mass is 9.84. The molecule has 1 aromatic rings. The highest BCUT2D eigenvalue weighted by molar-refractivity contribution is 5.89. The summed E-state index contributed by atoms with van der Waals surface area (Å²) >= 11 is 0. The molecule has 0 aromatic carbocycles. The topological polar surface area (TPSA) is 80.9 Å². The minimum atomic E-state index is -0.0319. The van der Waals surface area contributed by atoms with Crippen LogP contribution in [0.1, 0.15) is 33.1 Å². The van der Waals surface area contributed by atoms with Gasteiger partial charge in [-0.05, 0) is 24.8 Å². The summed E-state index contributed by atoms with van der Waals surface area (Å²) in [5, 5.41) is 2.71. The highest BCUT2D eigenvalue weighted by Gasteiger charge is 2.18. The molecule has 17 heavy (non-hydrogen) atoms. The van der Waals surface area contributed by atoms with Crippen molar-refractivity contribution >= 4 is 11.7 Å². The molecule has 1 amide bonds. The molecule has 0 aliphatic carbocycles. The third-order valence-electron chi connectivity index (χ3n) is 2.68. The third kappa shape index (κ3) is 5.40. The Morgan fingerprint density at radius 2 is 2.18 bits per heavy atom. The molecule has 94 valence electrons. The Labute approximate surface area is 102 Å². The number of anilines is 1. The number of rotatable bonds is 6. The van der Waals surface area contributed by atoms with Gasteiger partial charge in [0, 0.05) is 18.8 Å². The van der Waals surface area contributed by atoms with Crippen LogP contribution in [0.4, 0.5) is 5.82 Å². The standard InChI is InChI=1S/C12H20N4O/c1-12(2,5-6-13)4-3-11(17)16-10-9-14-7-8-15-10/h7-9H,3-6,13H2,1-2H3,(H,15,16,17). The van der Waals surface area contributed by atoms with Gasteiger partial charge in [0.25, 0.3) is 0 Å². The zero-order valence-corrected chi connectivity index (χ0v) is 10.4. The normalized spacial score (nSPS) is 11.2. The van der Waals surface area contributed by atoms with E-state index in [0.29, 0.717) is 18.8 Å². The van der Waals surface area contributed by atoms with Crippen molar-refractivity contribution in [2.75, 3.05) is 11.9 Å². The Morgan fingerprint density at radius 3 is 2.76 bits per heavy atom. The van der Waals surface area contributed by atoms with E-state index in [9.17, 15) is 4.79 Å². The van der Waals surface area contributed by atoms with Gasteiger partial charge in [-0.2, -0.15) is 0 Å². The van der Waals surface area contributed by atoms with Crippen molar-refractivity contribution in [3.8, 4) is 0 Å². The second-order valence-electron chi connectivity index (χ2n) is 4.84. The van der Waals surface area contributed by atoms with Crippen LogP contribution in [0.2, 0.25) is 0 Å². The van der Waals surface area contributed by atoms with E-state index in [2.05, 4.69) is 29.1 Å². The molecule has 0 spiro atoms. The van der Waals surface area contributed by atoms with Crippen molar-refractivity contribution < 1.29 is 4.79 Å². The number of nitrogens with two attached hydrogens (primary N) is 1. The van der Waals surface area contributed by atoms with Gasteiger partial charge < -0.3 is 11.1 Å². The Morgan fingerprint density at radius 1 is 1.41 bits per heavy atom. The number of aromatic nitrogens is 2. The average Bonchev–Trinajstić information content (AvgIpc) is 2.28. The zero-order chi connectivity index (χ0) is 12.7. The van der Waals surface area contributed by atoms with Gasteiger partial charge in [0.05, 0.1) is 6.20 Å². The Kier molecular flexibility index (Phi) is 5.03. The van der Waals surface area contributed by atoms with Gasteiger partial charge in [-0.15, -0.1) is 0 Å². The van der Waals surface area contributed by atoms with Crippen LogP contribution in [0.15, 0.2) is 18.6 Å². The summed E-state index contributed by atoms with van der Waals surface area (Å²) in [5.74, 6) is 0.463. The van der Waals surface area contributed by atoms with E-state index < -0.39 is 0 Å². The van der Waals surface area contributed by atoms with Crippen LogP contribution in [0.3, 0.4) is 0 Å². The van der Waals surface area contributed by atoms with Crippen molar-refractivity contribution in [1.29, 1.82) is 0 Å². The van der Waals surface area contributed by atoms with E-state index in [1.165, 1.54) is 6.20 Å². The molecule has 5 heteroatoms. The van der Waals surface area contributed by atoms with E-state index in [4.69, 9.17) is 5.73 Å². The van der Waals surface area contributed by atoms with Gasteiger partial charge in [0.2, 0.25) is 5.91 Å².